The van der Waals surface area contributed by atoms with Crippen LogP contribution in [0.15, 0.2) is 91.0 Å². The van der Waals surface area contributed by atoms with E-state index in [1.165, 1.54) is 38.5 Å². The number of hydrogen-bond donors (Lipinski definition) is 1. The first-order valence-electron chi connectivity index (χ1n) is 13.8. The molecule has 5 aromatic rings. The molecule has 4 aromatic carbocycles. The number of nitrogens with zero attached hydrogens (tertiary/aromatic N) is 1. The minimum atomic E-state index is -2.01. The van der Waals surface area contributed by atoms with Gasteiger partial charge in [-0.15, -0.1) is 0 Å². The van der Waals surface area contributed by atoms with Crippen molar-refractivity contribution < 1.29 is 0 Å². The fraction of sp³-hybridized carbons (Fsp3) is 0. The molecule has 0 amide bonds. The first kappa shape index (κ1) is 19.2. The third kappa shape index (κ3) is 1.62. The quantitative estimate of drug-likeness (QED) is 0.287. The van der Waals surface area contributed by atoms with E-state index >= 15 is 0 Å². The van der Waals surface area contributed by atoms with Crippen molar-refractivity contribution in [3.05, 3.63) is 91.0 Å². The van der Waals surface area contributed by atoms with Gasteiger partial charge in [0.1, 0.15) is 0 Å². The van der Waals surface area contributed by atoms with Crippen LogP contribution in [0, 0.1) is 0 Å². The number of benzene rings is 4. The van der Waals surface area contributed by atoms with Gasteiger partial charge in [0, 0.05) is 0 Å². The van der Waals surface area contributed by atoms with E-state index in [0.717, 1.165) is 31.1 Å². The molecule has 161 valence electrons. The number of fused-ring (bicyclic) bond motifs is 6. The van der Waals surface area contributed by atoms with Gasteiger partial charge in [-0.05, 0) is 0 Å². The topological polar surface area (TPSA) is 17.0 Å². The van der Waals surface area contributed by atoms with Crippen molar-refractivity contribution >= 4 is 115 Å². The molecule has 1 N–H and O–H groups in total. The van der Waals surface area contributed by atoms with Gasteiger partial charge < -0.3 is 0 Å². The molecule has 0 unspecified atom stereocenters. The number of aromatic nitrogens is 1. The Bertz CT molecular complexity index is 1980. The van der Waals surface area contributed by atoms with Gasteiger partial charge in [-0.3, -0.25) is 0 Å². The molecule has 9 heterocycles. The molecule has 0 saturated carbocycles. The molecule has 7 saturated heterocycles. The summed E-state index contributed by atoms with van der Waals surface area (Å²) >= 11 is 0. The van der Waals surface area contributed by atoms with E-state index in [-0.39, 0.29) is 6.71 Å². The molecule has 37 heavy (non-hydrogen) atoms. The fourth-order valence-electron chi connectivity index (χ4n) is 9.86. The van der Waals surface area contributed by atoms with Crippen LogP contribution in [0.1, 0.15) is 0 Å². The van der Waals surface area contributed by atoms with Gasteiger partial charge in [0.15, 0.2) is 0 Å². The molecule has 8 aliphatic rings. The summed E-state index contributed by atoms with van der Waals surface area (Å²) < 4.78 is 2.62. The summed E-state index contributed by atoms with van der Waals surface area (Å²) in [6.07, 6.45) is 1.08. The summed E-state index contributed by atoms with van der Waals surface area (Å²) in [5.41, 5.74) is 8.44. The molecule has 13 rings (SSSR count). The zero-order chi connectivity index (χ0) is 23.6. The molecular weight excluding hydrogens is 476 g/mol. The van der Waals surface area contributed by atoms with Crippen LogP contribution in [0.2, 0.25) is 0 Å². The van der Waals surface area contributed by atoms with Crippen molar-refractivity contribution in [3.63, 3.8) is 0 Å². The molecule has 1 spiro atoms. The Morgan fingerprint density at radius 1 is 0.784 bits per heavy atom. The number of rotatable bonds is 4. The van der Waals surface area contributed by atoms with Crippen molar-refractivity contribution in [3.8, 4) is 5.69 Å². The monoisotopic (exact) mass is 493 g/mol. The SMILES string of the molecule is [B]1B2B3[B-]P123NP12(c3cccc4c3c3cccc5c3n4-c3ccccc3B5c3ccccc3)B3[B-]B1B32. The van der Waals surface area contributed by atoms with Gasteiger partial charge in [-0.2, -0.15) is 0 Å². The average molecular weight is 492 g/mol. The fourth-order valence-corrected chi connectivity index (χ4v) is 29.3. The second-order valence-corrected chi connectivity index (χ2v) is 23.3. The van der Waals surface area contributed by atoms with E-state index in [0.29, 0.717) is 0 Å². The van der Waals surface area contributed by atoms with E-state index in [9.17, 15) is 0 Å². The van der Waals surface area contributed by atoms with Crippen LogP contribution in [0.4, 0.5) is 0 Å². The van der Waals surface area contributed by atoms with Crippen LogP contribution in [0.25, 0.3) is 27.5 Å². The van der Waals surface area contributed by atoms with Crippen molar-refractivity contribution in [2.24, 2.45) is 0 Å². The molecule has 1 aromatic heterocycles. The summed E-state index contributed by atoms with van der Waals surface area (Å²) in [7, 11) is 2.70. The van der Waals surface area contributed by atoms with Gasteiger partial charge >= 0.3 is 221 Å². The summed E-state index contributed by atoms with van der Waals surface area (Å²) in [6, 6.07) is 34.7. The van der Waals surface area contributed by atoms with Gasteiger partial charge in [0.05, 0.1) is 0 Å². The average Bonchev–Trinajstić information content (AvgIpc) is 3.87. The zero-order valence-electron chi connectivity index (χ0n) is 20.2. The van der Waals surface area contributed by atoms with E-state index in [1.54, 1.807) is 10.7 Å². The Balaban J connectivity index is 1.21. The number of nitrogens with one attached hydrogen (secondary N) is 1. The Labute approximate surface area is 220 Å². The molecule has 7 fully saturated rings. The molecule has 0 atom stereocenters. The third-order valence-electron chi connectivity index (χ3n) is 12.0. The maximum absolute atomic E-state index is 4.69. The summed E-state index contributed by atoms with van der Waals surface area (Å²) in [4.78, 5) is 4.69. The maximum atomic E-state index is 4.69. The van der Waals surface area contributed by atoms with E-state index in [4.69, 9.17) is 0 Å². The summed E-state index contributed by atoms with van der Waals surface area (Å²) in [5.74, 6) is 0. The van der Waals surface area contributed by atoms with Crippen LogP contribution in [0.3, 0.4) is 0 Å². The molecule has 2 nitrogen and oxygen atoms in total. The van der Waals surface area contributed by atoms with E-state index in [1.807, 2.05) is 0 Å². The van der Waals surface area contributed by atoms with Gasteiger partial charge in [0.25, 0.3) is 0 Å². The molecular formula is C24H16B9N2P2-2. The summed E-state index contributed by atoms with van der Waals surface area (Å²) in [6.45, 7) is 5.77. The zero-order valence-corrected chi connectivity index (χ0v) is 22.0. The van der Waals surface area contributed by atoms with Crippen LogP contribution in [0.5, 0.6) is 0 Å². The summed E-state index contributed by atoms with van der Waals surface area (Å²) in [5, 5.41) is 4.77. The Morgan fingerprint density at radius 3 is 2.27 bits per heavy atom. The van der Waals surface area contributed by atoms with Crippen LogP contribution in [-0.4, -0.2) is 63.2 Å². The van der Waals surface area contributed by atoms with E-state index < -0.39 is 12.7 Å². The molecule has 0 aliphatic carbocycles. The first-order chi connectivity index (χ1) is 18.2. The predicted molar refractivity (Wildman–Crippen MR) is 175 cm³/mol. The van der Waals surface area contributed by atoms with Crippen molar-refractivity contribution in [2.45, 2.75) is 0 Å². The van der Waals surface area contributed by atoms with Crippen molar-refractivity contribution in [1.82, 2.24) is 9.42 Å². The van der Waals surface area contributed by atoms with Crippen LogP contribution >= 0.6 is 12.7 Å². The third-order valence-corrected chi connectivity index (χ3v) is 26.4. The van der Waals surface area contributed by atoms with Gasteiger partial charge in [-0.25, -0.2) is 0 Å². The Hall–Kier alpha value is -1.92. The standard InChI is InChI=1S/C24H16B9N2P2/c1-2-8-16(9-3-1)28-18-11-4-5-13-20(18)35-21-14-7-15-22(23(21)17-10-6-12-19(28)24(17)35)36(29-25-30(36)33(29)36)34-37-26-31(37)32(37)27-37/h1-15,34H/q-2. The number of para-hydroxylation sites is 2. The Morgan fingerprint density at radius 2 is 1.54 bits per heavy atom. The number of hydrogen-bond acceptors (Lipinski definition) is 1. The van der Waals surface area contributed by atoms with Crippen LogP contribution in [-0.2, 0) is 0 Å². The Kier molecular flexibility index (Phi) is 2.67. The first-order valence-corrected chi connectivity index (χ1v) is 18.8. The normalized spacial score (nSPS) is 26.8. The van der Waals surface area contributed by atoms with E-state index in [2.05, 4.69) is 121 Å². The minimum absolute atomic E-state index is 0.263. The second kappa shape index (κ2) is 5.15. The van der Waals surface area contributed by atoms with Gasteiger partial charge in [-0.1, -0.05) is 0 Å². The van der Waals surface area contributed by atoms with Gasteiger partial charge in [0.2, 0.25) is 0 Å². The molecule has 13 heteroatoms. The second-order valence-electron chi connectivity index (χ2n) is 12.9. The van der Waals surface area contributed by atoms with Crippen molar-refractivity contribution in [1.29, 1.82) is 0 Å². The van der Waals surface area contributed by atoms with Crippen molar-refractivity contribution in [2.75, 3.05) is 0 Å². The molecule has 8 aliphatic heterocycles. The molecule has 5 radical (unpaired) electrons. The van der Waals surface area contributed by atoms with Crippen LogP contribution < -0.4 is 26.6 Å². The molecule has 2 bridgehead atoms. The predicted octanol–water partition coefficient (Wildman–Crippen LogP) is 0.968.